The number of thiazole rings is 1. The minimum absolute atomic E-state index is 0.0243. The molecule has 1 amide bonds. The summed E-state index contributed by atoms with van der Waals surface area (Å²) in [6, 6.07) is 12.7. The van der Waals surface area contributed by atoms with Gasteiger partial charge in [-0.05, 0) is 86.1 Å². The van der Waals surface area contributed by atoms with E-state index in [-0.39, 0.29) is 34.1 Å². The van der Waals surface area contributed by atoms with Crippen LogP contribution in [-0.2, 0) is 21.4 Å². The monoisotopic (exact) mass is 537 g/mol. The van der Waals surface area contributed by atoms with Crippen LogP contribution in [0.25, 0.3) is 10.2 Å². The largest absolute Gasteiger partial charge is 0.334 e. The number of nitrogens with zero attached hydrogens (tertiary/aromatic N) is 3. The molecule has 3 aromatic rings. The Bertz CT molecular complexity index is 1420. The summed E-state index contributed by atoms with van der Waals surface area (Å²) in [7, 11) is -3.75. The van der Waals surface area contributed by atoms with Gasteiger partial charge in [0.15, 0.2) is 0 Å². The van der Waals surface area contributed by atoms with Gasteiger partial charge in [0.25, 0.3) is 0 Å². The molecule has 3 atom stereocenters. The molecule has 37 heavy (non-hydrogen) atoms. The van der Waals surface area contributed by atoms with E-state index in [1.54, 1.807) is 23.5 Å². The molecule has 0 radical (unpaired) electrons. The summed E-state index contributed by atoms with van der Waals surface area (Å²) < 4.78 is 30.1. The lowest BCUT2D eigenvalue weighted by Gasteiger charge is -2.42. The minimum atomic E-state index is -3.75. The Morgan fingerprint density at radius 1 is 1.14 bits per heavy atom. The van der Waals surface area contributed by atoms with Crippen LogP contribution in [0.4, 0.5) is 0 Å². The molecule has 0 bridgehead atoms. The van der Waals surface area contributed by atoms with Crippen molar-refractivity contribution >= 4 is 37.5 Å². The molecule has 2 aliphatic carbocycles. The predicted molar refractivity (Wildman–Crippen MR) is 147 cm³/mol. The Balaban J connectivity index is 1.32. The lowest BCUT2D eigenvalue weighted by molar-refractivity contribution is -0.139. The van der Waals surface area contributed by atoms with Crippen molar-refractivity contribution in [1.29, 1.82) is 0 Å². The Morgan fingerprint density at radius 2 is 1.86 bits per heavy atom. The topological polar surface area (TPSA) is 70.6 Å². The van der Waals surface area contributed by atoms with Crippen molar-refractivity contribution in [3.63, 3.8) is 0 Å². The number of aryl methyl sites for hydroxylation is 1. The number of benzene rings is 2. The van der Waals surface area contributed by atoms with Crippen molar-refractivity contribution in [3.05, 3.63) is 59.1 Å². The standard InChI is InChI=1S/C29H35N3O3S2/c1-19-4-7-23(8-5-19)37(34,35)32-17-21-15-24(21)27(32)28(33)31(22-10-12-29(2,3)13-11-22)16-20-6-9-26-25(14-20)30-18-36-26/h4-9,14,18,21-22,24,27H,10-13,15-17H2,1-3H3/t21-,24-,27-/m0/s1. The molecular weight excluding hydrogens is 502 g/mol. The molecule has 0 N–H and O–H groups in total. The number of fused-ring (bicyclic) bond motifs is 2. The predicted octanol–water partition coefficient (Wildman–Crippen LogP) is 5.61. The molecule has 6 rings (SSSR count). The van der Waals surface area contributed by atoms with Gasteiger partial charge < -0.3 is 4.90 Å². The van der Waals surface area contributed by atoms with E-state index in [0.29, 0.717) is 13.1 Å². The molecule has 3 aliphatic rings. The van der Waals surface area contributed by atoms with Gasteiger partial charge in [-0.1, -0.05) is 37.6 Å². The lowest BCUT2D eigenvalue weighted by atomic mass is 9.75. The van der Waals surface area contributed by atoms with Gasteiger partial charge in [0.1, 0.15) is 6.04 Å². The molecule has 2 heterocycles. The third kappa shape index (κ3) is 4.72. The summed E-state index contributed by atoms with van der Waals surface area (Å²) in [5, 5.41) is 0. The smallest absolute Gasteiger partial charge is 0.243 e. The third-order valence-corrected chi connectivity index (χ3v) is 11.4. The van der Waals surface area contributed by atoms with E-state index in [9.17, 15) is 13.2 Å². The number of amides is 1. The average Bonchev–Trinajstić information content (AvgIpc) is 3.29. The van der Waals surface area contributed by atoms with Gasteiger partial charge in [-0.2, -0.15) is 4.31 Å². The summed E-state index contributed by atoms with van der Waals surface area (Å²) in [4.78, 5) is 21.2. The van der Waals surface area contributed by atoms with E-state index in [1.807, 2.05) is 29.5 Å². The van der Waals surface area contributed by atoms with E-state index in [2.05, 4.69) is 37.0 Å². The third-order valence-electron chi connectivity index (χ3n) is 8.77. The van der Waals surface area contributed by atoms with Crippen molar-refractivity contribution in [2.75, 3.05) is 6.54 Å². The maximum absolute atomic E-state index is 14.4. The Morgan fingerprint density at radius 3 is 2.59 bits per heavy atom. The van der Waals surface area contributed by atoms with Crippen LogP contribution < -0.4 is 0 Å². The van der Waals surface area contributed by atoms with Gasteiger partial charge in [0.05, 0.1) is 20.6 Å². The summed E-state index contributed by atoms with van der Waals surface area (Å²) in [6.07, 6.45) is 4.96. The Hall–Kier alpha value is -2.29. The fourth-order valence-electron chi connectivity index (χ4n) is 6.28. The van der Waals surface area contributed by atoms with Crippen molar-refractivity contribution in [2.24, 2.45) is 17.3 Å². The number of piperidine rings is 1. The van der Waals surface area contributed by atoms with Crippen LogP contribution in [0.1, 0.15) is 57.1 Å². The van der Waals surface area contributed by atoms with Crippen molar-refractivity contribution in [3.8, 4) is 0 Å². The van der Waals surface area contributed by atoms with Gasteiger partial charge >= 0.3 is 0 Å². The summed E-state index contributed by atoms with van der Waals surface area (Å²) in [6.45, 7) is 7.47. The molecule has 1 aromatic heterocycles. The molecule has 8 heteroatoms. The second-order valence-electron chi connectivity index (χ2n) is 12.0. The number of hydrogen-bond donors (Lipinski definition) is 0. The maximum atomic E-state index is 14.4. The van der Waals surface area contributed by atoms with Crippen LogP contribution in [-0.4, -0.2) is 47.1 Å². The zero-order valence-corrected chi connectivity index (χ0v) is 23.4. The summed E-state index contributed by atoms with van der Waals surface area (Å²) in [5.41, 5.74) is 5.14. The normalized spacial score (nSPS) is 25.8. The van der Waals surface area contributed by atoms with Gasteiger partial charge in [-0.3, -0.25) is 4.79 Å². The van der Waals surface area contributed by atoms with Gasteiger partial charge in [0, 0.05) is 19.1 Å². The molecule has 1 saturated heterocycles. The Labute approximate surface area is 223 Å². The molecule has 2 saturated carbocycles. The van der Waals surface area contributed by atoms with Crippen LogP contribution in [0.15, 0.2) is 52.9 Å². The second kappa shape index (κ2) is 9.17. The average molecular weight is 538 g/mol. The van der Waals surface area contributed by atoms with E-state index in [0.717, 1.165) is 53.4 Å². The van der Waals surface area contributed by atoms with E-state index in [1.165, 1.54) is 4.31 Å². The molecule has 6 nitrogen and oxygen atoms in total. The van der Waals surface area contributed by atoms with Crippen molar-refractivity contribution in [1.82, 2.24) is 14.2 Å². The van der Waals surface area contributed by atoms with Gasteiger partial charge in [0.2, 0.25) is 15.9 Å². The highest BCUT2D eigenvalue weighted by atomic mass is 32.2. The molecule has 2 aromatic carbocycles. The second-order valence-corrected chi connectivity index (χ2v) is 14.8. The van der Waals surface area contributed by atoms with E-state index >= 15 is 0 Å². The first-order valence-corrected chi connectivity index (χ1v) is 15.7. The lowest BCUT2D eigenvalue weighted by Crippen LogP contribution is -2.53. The SMILES string of the molecule is Cc1ccc(S(=O)(=O)N2C[C@@H]3C[C@@H]3[C@H]2C(=O)N(Cc2ccc3scnc3c2)C2CCC(C)(C)CC2)cc1. The molecule has 0 unspecified atom stereocenters. The zero-order chi connectivity index (χ0) is 25.9. The molecule has 1 aliphatic heterocycles. The summed E-state index contributed by atoms with van der Waals surface area (Å²) in [5.74, 6) is 0.382. The molecule has 0 spiro atoms. The van der Waals surface area contributed by atoms with E-state index in [4.69, 9.17) is 0 Å². The number of carbonyl (C=O) groups is 1. The number of rotatable bonds is 6. The van der Waals surface area contributed by atoms with Gasteiger partial charge in [-0.25, -0.2) is 13.4 Å². The first-order chi connectivity index (χ1) is 17.6. The highest BCUT2D eigenvalue weighted by Gasteiger charge is 2.60. The first kappa shape index (κ1) is 25.0. The van der Waals surface area contributed by atoms with Crippen molar-refractivity contribution < 1.29 is 13.2 Å². The quantitative estimate of drug-likeness (QED) is 0.410. The van der Waals surface area contributed by atoms with Gasteiger partial charge in [-0.15, -0.1) is 11.3 Å². The van der Waals surface area contributed by atoms with Crippen LogP contribution in [0.5, 0.6) is 0 Å². The fourth-order valence-corrected chi connectivity index (χ4v) is 8.62. The number of aromatic nitrogens is 1. The van der Waals surface area contributed by atoms with Crippen LogP contribution in [0.2, 0.25) is 0 Å². The Kier molecular flexibility index (Phi) is 6.20. The number of sulfonamides is 1. The highest BCUT2D eigenvalue weighted by molar-refractivity contribution is 7.89. The van der Waals surface area contributed by atoms with E-state index < -0.39 is 16.1 Å². The van der Waals surface area contributed by atoms with Crippen LogP contribution in [0.3, 0.4) is 0 Å². The number of carbonyl (C=O) groups excluding carboxylic acids is 1. The maximum Gasteiger partial charge on any atom is 0.243 e. The highest BCUT2D eigenvalue weighted by Crippen LogP contribution is 2.52. The van der Waals surface area contributed by atoms with Crippen LogP contribution in [0, 0.1) is 24.2 Å². The molecular formula is C29H35N3O3S2. The van der Waals surface area contributed by atoms with Crippen LogP contribution >= 0.6 is 11.3 Å². The molecule has 3 fully saturated rings. The number of hydrogen-bond acceptors (Lipinski definition) is 5. The minimum Gasteiger partial charge on any atom is -0.334 e. The molecule has 196 valence electrons. The zero-order valence-electron chi connectivity index (χ0n) is 21.8. The fraction of sp³-hybridized carbons (Fsp3) is 0.517. The first-order valence-electron chi connectivity index (χ1n) is 13.3. The summed E-state index contributed by atoms with van der Waals surface area (Å²) >= 11 is 1.61. The van der Waals surface area contributed by atoms with Crippen molar-refractivity contribution in [2.45, 2.75) is 76.4 Å².